The average Bonchev–Trinajstić information content (AvgIpc) is 3.37. The minimum absolute atomic E-state index is 0. The van der Waals surface area contributed by atoms with Crippen LogP contribution < -0.4 is 15.4 Å². The van der Waals surface area contributed by atoms with E-state index in [1.54, 1.807) is 7.11 Å². The van der Waals surface area contributed by atoms with Crippen LogP contribution in [-0.4, -0.2) is 42.4 Å². The molecule has 0 unspecified atom stereocenters. The standard InChI is InChI=1S/C21H25N9O.HI/c1-15-25-27-19(29(15)2)13-23-21(22-12-16-7-9-17(31-3)10-8-16)24-14-20-28-26-18-6-4-5-11-30(18)20;/h4-11H,12-14H2,1-3H3,(H2,22,23,24);1H. The second kappa shape index (κ2) is 10.9. The third kappa shape index (κ3) is 5.52. The maximum Gasteiger partial charge on any atom is 0.192 e. The van der Waals surface area contributed by atoms with Gasteiger partial charge in [-0.2, -0.15) is 0 Å². The molecule has 3 aromatic heterocycles. The van der Waals surface area contributed by atoms with Crippen LogP contribution in [0.1, 0.15) is 23.0 Å². The molecule has 32 heavy (non-hydrogen) atoms. The van der Waals surface area contributed by atoms with Crippen molar-refractivity contribution in [3.05, 3.63) is 71.7 Å². The number of benzene rings is 1. The smallest absolute Gasteiger partial charge is 0.192 e. The van der Waals surface area contributed by atoms with E-state index in [1.165, 1.54) is 0 Å². The van der Waals surface area contributed by atoms with Crippen molar-refractivity contribution >= 4 is 35.6 Å². The first-order chi connectivity index (χ1) is 15.1. The lowest BCUT2D eigenvalue weighted by molar-refractivity contribution is 0.414. The van der Waals surface area contributed by atoms with Gasteiger partial charge in [0.1, 0.15) is 11.6 Å². The van der Waals surface area contributed by atoms with Gasteiger partial charge in [0, 0.05) is 13.2 Å². The van der Waals surface area contributed by atoms with Gasteiger partial charge < -0.3 is 19.9 Å². The van der Waals surface area contributed by atoms with Crippen molar-refractivity contribution in [3.8, 4) is 5.75 Å². The third-order valence-electron chi connectivity index (χ3n) is 4.97. The number of pyridine rings is 1. The van der Waals surface area contributed by atoms with Gasteiger partial charge in [0.15, 0.2) is 23.3 Å². The summed E-state index contributed by atoms with van der Waals surface area (Å²) in [6.07, 6.45) is 1.94. The molecule has 11 heteroatoms. The number of nitrogens with zero attached hydrogens (tertiary/aromatic N) is 7. The molecular weight excluding hydrogens is 521 g/mol. The Balaban J connectivity index is 0.00000289. The molecule has 0 amide bonds. The van der Waals surface area contributed by atoms with Gasteiger partial charge in [0.05, 0.1) is 26.7 Å². The maximum atomic E-state index is 5.22. The first kappa shape index (κ1) is 23.4. The molecule has 0 bridgehead atoms. The summed E-state index contributed by atoms with van der Waals surface area (Å²) in [6, 6.07) is 13.7. The van der Waals surface area contributed by atoms with Gasteiger partial charge in [-0.15, -0.1) is 44.4 Å². The van der Waals surface area contributed by atoms with Crippen LogP contribution in [0.15, 0.2) is 53.7 Å². The van der Waals surface area contributed by atoms with Gasteiger partial charge in [0.2, 0.25) is 0 Å². The average molecular weight is 547 g/mol. The highest BCUT2D eigenvalue weighted by atomic mass is 127. The predicted molar refractivity (Wildman–Crippen MR) is 132 cm³/mol. The van der Waals surface area contributed by atoms with E-state index in [-0.39, 0.29) is 24.0 Å². The van der Waals surface area contributed by atoms with Gasteiger partial charge in [-0.1, -0.05) is 18.2 Å². The summed E-state index contributed by atoms with van der Waals surface area (Å²) >= 11 is 0. The van der Waals surface area contributed by atoms with Crippen LogP contribution in [0, 0.1) is 6.92 Å². The lowest BCUT2D eigenvalue weighted by atomic mass is 10.2. The number of ether oxygens (including phenoxy) is 1. The molecule has 2 N–H and O–H groups in total. The number of aromatic nitrogens is 6. The van der Waals surface area contributed by atoms with Crippen LogP contribution in [0.4, 0.5) is 0 Å². The maximum absolute atomic E-state index is 5.22. The summed E-state index contributed by atoms with van der Waals surface area (Å²) in [5, 5.41) is 23.4. The van der Waals surface area contributed by atoms with Gasteiger partial charge in [-0.25, -0.2) is 4.99 Å². The fraction of sp³-hybridized carbons (Fsp3) is 0.286. The molecular formula is C21H26IN9O. The summed E-state index contributed by atoms with van der Waals surface area (Å²) in [5.74, 6) is 3.94. The van der Waals surface area contributed by atoms with Gasteiger partial charge >= 0.3 is 0 Å². The molecule has 0 aliphatic heterocycles. The third-order valence-corrected chi connectivity index (χ3v) is 4.97. The minimum Gasteiger partial charge on any atom is -0.497 e. The Morgan fingerprint density at radius 3 is 2.38 bits per heavy atom. The van der Waals surface area contributed by atoms with E-state index in [0.29, 0.717) is 25.6 Å². The number of rotatable bonds is 7. The first-order valence-electron chi connectivity index (χ1n) is 9.92. The molecule has 0 radical (unpaired) electrons. The molecule has 0 spiro atoms. The van der Waals surface area contributed by atoms with E-state index in [1.807, 2.05) is 71.6 Å². The van der Waals surface area contributed by atoms with Crippen LogP contribution in [-0.2, 0) is 26.7 Å². The summed E-state index contributed by atoms with van der Waals surface area (Å²) in [5.41, 5.74) is 1.88. The van der Waals surface area contributed by atoms with E-state index < -0.39 is 0 Å². The molecule has 0 saturated heterocycles. The quantitative estimate of drug-likeness (QED) is 0.208. The monoisotopic (exact) mass is 547 g/mol. The molecule has 1 aromatic carbocycles. The number of guanidine groups is 1. The number of hydrogen-bond acceptors (Lipinski definition) is 6. The number of nitrogens with one attached hydrogen (secondary N) is 2. The topological polar surface area (TPSA) is 107 Å². The van der Waals surface area contributed by atoms with Crippen molar-refractivity contribution in [2.75, 3.05) is 7.11 Å². The highest BCUT2D eigenvalue weighted by Crippen LogP contribution is 2.12. The molecule has 4 aromatic rings. The van der Waals surface area contributed by atoms with E-state index in [4.69, 9.17) is 9.73 Å². The SMILES string of the molecule is COc1ccc(CN=C(NCc2nnc(C)n2C)NCc2nnc3ccccn23)cc1.I. The zero-order chi connectivity index (χ0) is 21.6. The van der Waals surface area contributed by atoms with Crippen molar-refractivity contribution in [1.82, 2.24) is 40.0 Å². The lowest BCUT2D eigenvalue weighted by Crippen LogP contribution is -2.37. The Bertz CT molecular complexity index is 1180. The molecule has 168 valence electrons. The van der Waals surface area contributed by atoms with Gasteiger partial charge in [-0.05, 0) is 36.8 Å². The number of halogens is 1. The lowest BCUT2D eigenvalue weighted by Gasteiger charge is -2.12. The fourth-order valence-corrected chi connectivity index (χ4v) is 3.02. The number of aliphatic imine (C=N–C) groups is 1. The second-order valence-corrected chi connectivity index (χ2v) is 6.99. The van der Waals surface area contributed by atoms with Gasteiger partial charge in [0.25, 0.3) is 0 Å². The zero-order valence-electron chi connectivity index (χ0n) is 18.2. The Hall–Kier alpha value is -3.22. The number of aryl methyl sites for hydroxylation is 1. The second-order valence-electron chi connectivity index (χ2n) is 6.99. The van der Waals surface area contributed by atoms with Crippen LogP contribution in [0.3, 0.4) is 0 Å². The molecule has 0 saturated carbocycles. The summed E-state index contributed by atoms with van der Waals surface area (Å²) in [6.45, 7) is 3.39. The van der Waals surface area contributed by atoms with Gasteiger partial charge in [-0.3, -0.25) is 4.40 Å². The number of methoxy groups -OCH3 is 1. The Morgan fingerprint density at radius 2 is 1.69 bits per heavy atom. The Kier molecular flexibility index (Phi) is 7.98. The fourth-order valence-electron chi connectivity index (χ4n) is 3.02. The predicted octanol–water partition coefficient (Wildman–Crippen LogP) is 2.23. The van der Waals surface area contributed by atoms with Crippen LogP contribution >= 0.6 is 24.0 Å². The number of fused-ring (bicyclic) bond motifs is 1. The summed E-state index contributed by atoms with van der Waals surface area (Å²) in [4.78, 5) is 4.72. The number of hydrogen-bond donors (Lipinski definition) is 2. The normalized spacial score (nSPS) is 11.3. The molecule has 4 rings (SSSR count). The summed E-state index contributed by atoms with van der Waals surface area (Å²) in [7, 11) is 3.60. The molecule has 10 nitrogen and oxygen atoms in total. The van der Waals surface area contributed by atoms with Crippen molar-refractivity contribution < 1.29 is 4.74 Å². The Morgan fingerprint density at radius 1 is 0.969 bits per heavy atom. The minimum atomic E-state index is 0. The van der Waals surface area contributed by atoms with E-state index in [9.17, 15) is 0 Å². The highest BCUT2D eigenvalue weighted by molar-refractivity contribution is 14.0. The van der Waals surface area contributed by atoms with Crippen LogP contribution in [0.2, 0.25) is 0 Å². The van der Waals surface area contributed by atoms with Crippen molar-refractivity contribution in [2.45, 2.75) is 26.6 Å². The molecule has 0 aliphatic rings. The van der Waals surface area contributed by atoms with Crippen LogP contribution in [0.25, 0.3) is 5.65 Å². The summed E-state index contributed by atoms with van der Waals surface area (Å²) < 4.78 is 9.11. The molecule has 0 fully saturated rings. The largest absolute Gasteiger partial charge is 0.497 e. The molecule has 0 atom stereocenters. The Labute approximate surface area is 203 Å². The first-order valence-corrected chi connectivity index (χ1v) is 9.92. The highest BCUT2D eigenvalue weighted by Gasteiger charge is 2.09. The van der Waals surface area contributed by atoms with E-state index in [2.05, 4.69) is 31.0 Å². The van der Waals surface area contributed by atoms with Crippen molar-refractivity contribution in [2.24, 2.45) is 12.0 Å². The molecule has 3 heterocycles. The van der Waals surface area contributed by atoms with Crippen molar-refractivity contribution in [3.63, 3.8) is 0 Å². The van der Waals surface area contributed by atoms with E-state index in [0.717, 1.165) is 34.4 Å². The van der Waals surface area contributed by atoms with Crippen molar-refractivity contribution in [1.29, 1.82) is 0 Å². The van der Waals surface area contributed by atoms with E-state index >= 15 is 0 Å². The zero-order valence-corrected chi connectivity index (χ0v) is 20.5. The van der Waals surface area contributed by atoms with Crippen LogP contribution in [0.5, 0.6) is 5.75 Å². The molecule has 0 aliphatic carbocycles.